The first-order valence-electron chi connectivity index (χ1n) is 7.57. The third-order valence-electron chi connectivity index (χ3n) is 4.31. The van der Waals surface area contributed by atoms with Gasteiger partial charge < -0.3 is 10.4 Å². The third-order valence-corrected chi connectivity index (χ3v) is 4.31. The summed E-state index contributed by atoms with van der Waals surface area (Å²) in [4.78, 5) is 12.2. The summed E-state index contributed by atoms with van der Waals surface area (Å²) in [7, 11) is 0. The highest BCUT2D eigenvalue weighted by Gasteiger charge is 2.24. The lowest BCUT2D eigenvalue weighted by atomic mass is 9.79. The molecular formula is C17H25NO2. The second kappa shape index (κ2) is 6.89. The number of aliphatic hydroxyl groups is 1. The summed E-state index contributed by atoms with van der Waals surface area (Å²) < 4.78 is 0. The summed E-state index contributed by atoms with van der Waals surface area (Å²) >= 11 is 0. The Morgan fingerprint density at radius 1 is 1.15 bits per heavy atom. The number of hydrogen-bond donors (Lipinski definition) is 2. The van der Waals surface area contributed by atoms with Crippen LogP contribution in [0.15, 0.2) is 18.2 Å². The summed E-state index contributed by atoms with van der Waals surface area (Å²) in [5.41, 5.74) is 2.96. The molecule has 1 saturated carbocycles. The van der Waals surface area contributed by atoms with Gasteiger partial charge in [0.1, 0.15) is 0 Å². The maximum atomic E-state index is 12.2. The Kier molecular flexibility index (Phi) is 5.18. The summed E-state index contributed by atoms with van der Waals surface area (Å²) in [5, 5.41) is 12.4. The number of amides is 1. The van der Waals surface area contributed by atoms with Gasteiger partial charge in [-0.15, -0.1) is 0 Å². The zero-order valence-corrected chi connectivity index (χ0v) is 12.5. The maximum absolute atomic E-state index is 12.2. The van der Waals surface area contributed by atoms with E-state index in [2.05, 4.69) is 11.4 Å². The van der Waals surface area contributed by atoms with Gasteiger partial charge in [0.2, 0.25) is 0 Å². The Hall–Kier alpha value is -1.35. The quantitative estimate of drug-likeness (QED) is 0.887. The normalized spacial score (nSPS) is 22.6. The topological polar surface area (TPSA) is 49.3 Å². The van der Waals surface area contributed by atoms with Crippen LogP contribution in [0.1, 0.15) is 47.2 Å². The molecule has 3 nitrogen and oxygen atoms in total. The summed E-state index contributed by atoms with van der Waals surface area (Å²) in [6.07, 6.45) is 4.60. The average Bonchev–Trinajstić information content (AvgIpc) is 2.44. The van der Waals surface area contributed by atoms with E-state index < -0.39 is 0 Å². The highest BCUT2D eigenvalue weighted by atomic mass is 16.3. The second-order valence-corrected chi connectivity index (χ2v) is 6.07. The highest BCUT2D eigenvalue weighted by Crippen LogP contribution is 2.29. The van der Waals surface area contributed by atoms with E-state index in [-0.39, 0.29) is 12.5 Å². The first-order chi connectivity index (χ1) is 9.60. The van der Waals surface area contributed by atoms with Crippen LogP contribution in [0.5, 0.6) is 0 Å². The largest absolute Gasteiger partial charge is 0.396 e. The molecule has 0 heterocycles. The minimum Gasteiger partial charge on any atom is -0.396 e. The fourth-order valence-corrected chi connectivity index (χ4v) is 3.23. The van der Waals surface area contributed by atoms with E-state index in [1.807, 2.05) is 26.0 Å². The van der Waals surface area contributed by atoms with Crippen LogP contribution in [0.3, 0.4) is 0 Å². The van der Waals surface area contributed by atoms with E-state index >= 15 is 0 Å². The molecule has 1 aliphatic rings. The molecular weight excluding hydrogens is 250 g/mol. The van der Waals surface area contributed by atoms with Crippen molar-refractivity contribution in [3.63, 3.8) is 0 Å². The molecule has 0 spiro atoms. The molecule has 0 bridgehead atoms. The van der Waals surface area contributed by atoms with Crippen LogP contribution in [0.25, 0.3) is 0 Å². The summed E-state index contributed by atoms with van der Waals surface area (Å²) in [6, 6.07) is 5.92. The number of carbonyl (C=O) groups is 1. The van der Waals surface area contributed by atoms with Crippen molar-refractivity contribution < 1.29 is 9.90 Å². The van der Waals surface area contributed by atoms with E-state index in [4.69, 9.17) is 0 Å². The number of aryl methyl sites for hydroxylation is 2. The van der Waals surface area contributed by atoms with Crippen LogP contribution in [0, 0.1) is 25.7 Å². The molecule has 110 valence electrons. The van der Waals surface area contributed by atoms with Crippen molar-refractivity contribution in [2.75, 3.05) is 13.2 Å². The molecule has 1 aromatic rings. The van der Waals surface area contributed by atoms with Crippen molar-refractivity contribution in [1.82, 2.24) is 5.32 Å². The highest BCUT2D eigenvalue weighted by molar-refractivity contribution is 5.94. The van der Waals surface area contributed by atoms with Crippen LogP contribution in [-0.4, -0.2) is 24.2 Å². The molecule has 0 radical (unpaired) electrons. The van der Waals surface area contributed by atoms with Gasteiger partial charge in [-0.05, 0) is 50.7 Å². The van der Waals surface area contributed by atoms with Crippen molar-refractivity contribution in [3.05, 3.63) is 34.9 Å². The number of hydrogen-bond acceptors (Lipinski definition) is 2. The van der Waals surface area contributed by atoms with Crippen molar-refractivity contribution in [2.45, 2.75) is 39.5 Å². The molecule has 1 amide bonds. The Morgan fingerprint density at radius 2 is 1.75 bits per heavy atom. The number of carbonyl (C=O) groups excluding carboxylic acids is 1. The van der Waals surface area contributed by atoms with Gasteiger partial charge in [-0.2, -0.15) is 0 Å². The number of rotatable bonds is 4. The zero-order valence-electron chi connectivity index (χ0n) is 12.5. The molecule has 2 atom stereocenters. The lowest BCUT2D eigenvalue weighted by Crippen LogP contribution is -2.35. The molecule has 1 aromatic carbocycles. The van der Waals surface area contributed by atoms with Gasteiger partial charge in [0, 0.05) is 18.7 Å². The predicted octanol–water partition coefficient (Wildman–Crippen LogP) is 2.83. The fraction of sp³-hybridized carbons (Fsp3) is 0.588. The van der Waals surface area contributed by atoms with Gasteiger partial charge >= 0.3 is 0 Å². The Labute approximate surface area is 121 Å². The minimum atomic E-state index is -0.000867. The molecule has 0 aromatic heterocycles. The zero-order chi connectivity index (χ0) is 14.5. The van der Waals surface area contributed by atoms with Gasteiger partial charge in [0.25, 0.3) is 5.91 Å². The van der Waals surface area contributed by atoms with Gasteiger partial charge in [-0.3, -0.25) is 4.79 Å². The molecule has 2 unspecified atom stereocenters. The van der Waals surface area contributed by atoms with Crippen molar-refractivity contribution >= 4 is 5.91 Å². The monoisotopic (exact) mass is 275 g/mol. The van der Waals surface area contributed by atoms with E-state index in [1.165, 1.54) is 12.8 Å². The van der Waals surface area contributed by atoms with Crippen molar-refractivity contribution in [1.29, 1.82) is 0 Å². The van der Waals surface area contributed by atoms with E-state index in [9.17, 15) is 9.90 Å². The number of aliphatic hydroxyl groups excluding tert-OH is 1. The lowest BCUT2D eigenvalue weighted by molar-refractivity contribution is 0.0909. The molecule has 0 saturated heterocycles. The first kappa shape index (κ1) is 15.0. The molecule has 1 aliphatic carbocycles. The van der Waals surface area contributed by atoms with Gasteiger partial charge in [-0.25, -0.2) is 0 Å². The van der Waals surface area contributed by atoms with E-state index in [0.717, 1.165) is 29.5 Å². The molecule has 20 heavy (non-hydrogen) atoms. The number of nitrogens with one attached hydrogen (secondary N) is 1. The fourth-order valence-electron chi connectivity index (χ4n) is 3.23. The molecule has 3 heteroatoms. The van der Waals surface area contributed by atoms with Crippen LogP contribution in [-0.2, 0) is 0 Å². The van der Waals surface area contributed by atoms with Gasteiger partial charge in [0.05, 0.1) is 0 Å². The maximum Gasteiger partial charge on any atom is 0.251 e. The predicted molar refractivity (Wildman–Crippen MR) is 80.8 cm³/mol. The van der Waals surface area contributed by atoms with Gasteiger partial charge in [-0.1, -0.05) is 30.0 Å². The number of benzene rings is 1. The third kappa shape index (κ3) is 3.83. The van der Waals surface area contributed by atoms with Crippen LogP contribution < -0.4 is 5.32 Å². The van der Waals surface area contributed by atoms with E-state index in [0.29, 0.717) is 18.4 Å². The van der Waals surface area contributed by atoms with Gasteiger partial charge in [0.15, 0.2) is 0 Å². The second-order valence-electron chi connectivity index (χ2n) is 6.07. The Bertz CT molecular complexity index is 450. The average molecular weight is 275 g/mol. The summed E-state index contributed by atoms with van der Waals surface area (Å²) in [6.45, 7) is 4.93. The van der Waals surface area contributed by atoms with Crippen LogP contribution in [0.4, 0.5) is 0 Å². The minimum absolute atomic E-state index is 0.000867. The molecule has 0 aliphatic heterocycles. The standard InChI is InChI=1S/C17H25NO2/c1-12-7-13(2)9-16(8-12)17(20)18-10-14-5-3-4-6-15(14)11-19/h7-9,14-15,19H,3-6,10-11H2,1-2H3,(H,18,20). The van der Waals surface area contributed by atoms with Crippen LogP contribution in [0.2, 0.25) is 0 Å². The smallest absolute Gasteiger partial charge is 0.251 e. The van der Waals surface area contributed by atoms with Crippen molar-refractivity contribution in [2.24, 2.45) is 11.8 Å². The van der Waals surface area contributed by atoms with Crippen LogP contribution >= 0.6 is 0 Å². The molecule has 2 rings (SSSR count). The molecule has 1 fully saturated rings. The Balaban J connectivity index is 1.94. The molecule has 2 N–H and O–H groups in total. The van der Waals surface area contributed by atoms with Crippen molar-refractivity contribution in [3.8, 4) is 0 Å². The SMILES string of the molecule is Cc1cc(C)cc(C(=O)NCC2CCCCC2CO)c1. The lowest BCUT2D eigenvalue weighted by Gasteiger charge is -2.30. The summed E-state index contributed by atoms with van der Waals surface area (Å²) in [5.74, 6) is 0.769. The first-order valence-corrected chi connectivity index (χ1v) is 7.57. The van der Waals surface area contributed by atoms with E-state index in [1.54, 1.807) is 0 Å². The Morgan fingerprint density at radius 3 is 2.35 bits per heavy atom.